The average molecular weight is 306 g/mol. The van der Waals surface area contributed by atoms with Crippen LogP contribution in [-0.4, -0.2) is 32.1 Å². The van der Waals surface area contributed by atoms with E-state index < -0.39 is 5.97 Å². The van der Waals surface area contributed by atoms with Gasteiger partial charge in [-0.2, -0.15) is 0 Å². The summed E-state index contributed by atoms with van der Waals surface area (Å²) in [4.78, 5) is 24.1. The first-order valence-corrected chi connectivity index (χ1v) is 7.64. The molecule has 1 aliphatic rings. The zero-order chi connectivity index (χ0) is 16.1. The maximum Gasteiger partial charge on any atom is 0.344 e. The van der Waals surface area contributed by atoms with Crippen molar-refractivity contribution in [2.24, 2.45) is 5.92 Å². The lowest BCUT2D eigenvalue weighted by molar-refractivity contribution is -0.145. The van der Waals surface area contributed by atoms with E-state index in [1.165, 1.54) is 0 Å². The Kier molecular flexibility index (Phi) is 5.41. The van der Waals surface area contributed by atoms with Crippen LogP contribution in [0.15, 0.2) is 12.1 Å². The highest BCUT2D eigenvalue weighted by Gasteiger charge is 2.31. The number of methoxy groups -OCH3 is 1. The normalized spacial score (nSPS) is 16.9. The van der Waals surface area contributed by atoms with Crippen molar-refractivity contribution in [1.29, 1.82) is 0 Å². The van der Waals surface area contributed by atoms with Gasteiger partial charge in [0.05, 0.1) is 19.3 Å². The predicted octanol–water partition coefficient (Wildman–Crippen LogP) is 2.79. The molecule has 0 fully saturated rings. The van der Waals surface area contributed by atoms with Crippen molar-refractivity contribution in [2.45, 2.75) is 33.1 Å². The van der Waals surface area contributed by atoms with Crippen molar-refractivity contribution in [1.82, 2.24) is 0 Å². The second kappa shape index (κ2) is 7.29. The van der Waals surface area contributed by atoms with Crippen LogP contribution >= 0.6 is 0 Å². The van der Waals surface area contributed by atoms with Crippen molar-refractivity contribution in [3.63, 3.8) is 0 Å². The third-order valence-electron chi connectivity index (χ3n) is 3.96. The summed E-state index contributed by atoms with van der Waals surface area (Å²) in [5.41, 5.74) is 1.43. The Morgan fingerprint density at radius 3 is 2.64 bits per heavy atom. The van der Waals surface area contributed by atoms with E-state index in [0.717, 1.165) is 24.8 Å². The molecule has 0 amide bonds. The van der Waals surface area contributed by atoms with E-state index in [4.69, 9.17) is 14.2 Å². The van der Waals surface area contributed by atoms with Gasteiger partial charge in [-0.05, 0) is 38.3 Å². The first-order chi connectivity index (χ1) is 10.6. The predicted molar refractivity (Wildman–Crippen MR) is 81.6 cm³/mol. The Morgan fingerprint density at radius 2 is 2.00 bits per heavy atom. The van der Waals surface area contributed by atoms with Gasteiger partial charge in [-0.1, -0.05) is 6.92 Å². The van der Waals surface area contributed by atoms with Crippen molar-refractivity contribution in [2.75, 3.05) is 20.3 Å². The second-order valence-electron chi connectivity index (χ2n) is 5.22. The van der Waals surface area contributed by atoms with Gasteiger partial charge >= 0.3 is 5.97 Å². The molecule has 2 rings (SSSR count). The number of rotatable bonds is 6. The summed E-state index contributed by atoms with van der Waals surface area (Å²) < 4.78 is 15.7. The number of ketones is 1. The summed E-state index contributed by atoms with van der Waals surface area (Å²) in [5.74, 6) is 0.766. The van der Waals surface area contributed by atoms with Crippen LogP contribution in [0.25, 0.3) is 0 Å². The highest BCUT2D eigenvalue weighted by molar-refractivity contribution is 6.03. The van der Waals surface area contributed by atoms with Crippen molar-refractivity contribution in [3.8, 4) is 11.5 Å². The van der Waals surface area contributed by atoms with Crippen LogP contribution in [0.4, 0.5) is 0 Å². The Hall–Kier alpha value is -2.04. The minimum Gasteiger partial charge on any atom is -0.496 e. The maximum absolute atomic E-state index is 12.7. The number of benzene rings is 1. The Morgan fingerprint density at radius 1 is 1.27 bits per heavy atom. The molecule has 0 saturated heterocycles. The van der Waals surface area contributed by atoms with E-state index in [9.17, 15) is 9.59 Å². The second-order valence-corrected chi connectivity index (χ2v) is 5.22. The van der Waals surface area contributed by atoms with Crippen LogP contribution in [0, 0.1) is 5.92 Å². The smallest absolute Gasteiger partial charge is 0.344 e. The molecule has 0 aliphatic heterocycles. The number of esters is 1. The van der Waals surface area contributed by atoms with Gasteiger partial charge in [0.1, 0.15) is 11.5 Å². The summed E-state index contributed by atoms with van der Waals surface area (Å²) in [6.07, 6.45) is 2.40. The Labute approximate surface area is 130 Å². The van der Waals surface area contributed by atoms with Gasteiger partial charge in [0.15, 0.2) is 12.4 Å². The van der Waals surface area contributed by atoms with E-state index in [2.05, 4.69) is 0 Å². The lowest BCUT2D eigenvalue weighted by atomic mass is 9.80. The zero-order valence-electron chi connectivity index (χ0n) is 13.3. The molecule has 0 saturated carbocycles. The third-order valence-corrected chi connectivity index (χ3v) is 3.96. The molecular formula is C17H22O5. The zero-order valence-corrected chi connectivity index (χ0v) is 13.3. The number of ether oxygens (including phenoxy) is 3. The molecule has 22 heavy (non-hydrogen) atoms. The van der Waals surface area contributed by atoms with E-state index in [0.29, 0.717) is 23.7 Å². The number of Topliss-reactive ketones (excluding diaryl/α,β-unsaturated/α-hetero) is 1. The SMILES string of the molecule is CCOC(=O)COc1ccc(OC)c2c1C(=O)C(CC)CC2. The van der Waals surface area contributed by atoms with Gasteiger partial charge < -0.3 is 14.2 Å². The first-order valence-electron chi connectivity index (χ1n) is 7.64. The van der Waals surface area contributed by atoms with Gasteiger partial charge in [-0.25, -0.2) is 4.79 Å². The van der Waals surface area contributed by atoms with Gasteiger partial charge in [-0.3, -0.25) is 4.79 Å². The van der Waals surface area contributed by atoms with Crippen LogP contribution < -0.4 is 9.47 Å². The number of hydrogen-bond acceptors (Lipinski definition) is 5. The van der Waals surface area contributed by atoms with Gasteiger partial charge in [0, 0.05) is 11.5 Å². The molecule has 0 bridgehead atoms. The minimum atomic E-state index is -0.442. The Balaban J connectivity index is 2.31. The first kappa shape index (κ1) is 16.3. The number of hydrogen-bond donors (Lipinski definition) is 0. The van der Waals surface area contributed by atoms with E-state index >= 15 is 0 Å². The fourth-order valence-electron chi connectivity index (χ4n) is 2.82. The molecule has 5 heteroatoms. The number of carbonyl (C=O) groups excluding carboxylic acids is 2. The van der Waals surface area contributed by atoms with Crippen LogP contribution in [-0.2, 0) is 16.0 Å². The molecular weight excluding hydrogens is 284 g/mol. The highest BCUT2D eigenvalue weighted by atomic mass is 16.6. The minimum absolute atomic E-state index is 0.00421. The van der Waals surface area contributed by atoms with Crippen molar-refractivity contribution < 1.29 is 23.8 Å². The van der Waals surface area contributed by atoms with Gasteiger partial charge in [-0.15, -0.1) is 0 Å². The largest absolute Gasteiger partial charge is 0.496 e. The quantitative estimate of drug-likeness (QED) is 0.756. The fourth-order valence-corrected chi connectivity index (χ4v) is 2.82. The van der Waals surface area contributed by atoms with E-state index in [1.54, 1.807) is 26.2 Å². The molecule has 5 nitrogen and oxygen atoms in total. The van der Waals surface area contributed by atoms with Gasteiger partial charge in [0.25, 0.3) is 0 Å². The molecule has 0 aromatic heterocycles. The molecule has 1 aliphatic carbocycles. The molecule has 1 atom stereocenters. The molecule has 120 valence electrons. The molecule has 0 N–H and O–H groups in total. The Bertz CT molecular complexity index is 564. The van der Waals surface area contributed by atoms with Crippen LogP contribution in [0.3, 0.4) is 0 Å². The van der Waals surface area contributed by atoms with Crippen LogP contribution in [0.2, 0.25) is 0 Å². The van der Waals surface area contributed by atoms with Gasteiger partial charge in [0.2, 0.25) is 0 Å². The maximum atomic E-state index is 12.7. The standard InChI is InChI=1S/C17H22O5/c1-4-11-6-7-12-13(20-3)8-9-14(16(12)17(11)19)22-10-15(18)21-5-2/h8-9,11H,4-7,10H2,1-3H3. The molecule has 1 aromatic carbocycles. The van der Waals surface area contributed by atoms with Crippen molar-refractivity contribution >= 4 is 11.8 Å². The summed E-state index contributed by atoms with van der Waals surface area (Å²) in [6.45, 7) is 3.85. The monoisotopic (exact) mass is 306 g/mol. The van der Waals surface area contributed by atoms with Crippen molar-refractivity contribution in [3.05, 3.63) is 23.3 Å². The van der Waals surface area contributed by atoms with Crippen LogP contribution in [0.1, 0.15) is 42.6 Å². The topological polar surface area (TPSA) is 61.8 Å². The highest BCUT2D eigenvalue weighted by Crippen LogP contribution is 2.38. The molecule has 0 spiro atoms. The van der Waals surface area contributed by atoms with Crippen LogP contribution in [0.5, 0.6) is 11.5 Å². The summed E-state index contributed by atoms with van der Waals surface area (Å²) in [7, 11) is 1.59. The average Bonchev–Trinajstić information content (AvgIpc) is 2.53. The number of carbonyl (C=O) groups is 2. The number of fused-ring (bicyclic) bond motifs is 1. The van der Waals surface area contributed by atoms with E-state index in [-0.39, 0.29) is 18.3 Å². The molecule has 0 radical (unpaired) electrons. The summed E-state index contributed by atoms with van der Waals surface area (Å²) in [6, 6.07) is 3.46. The van der Waals surface area contributed by atoms with E-state index in [1.807, 2.05) is 6.92 Å². The lowest BCUT2D eigenvalue weighted by Crippen LogP contribution is -2.24. The summed E-state index contributed by atoms with van der Waals surface area (Å²) in [5, 5.41) is 0. The molecule has 1 unspecified atom stereocenters. The summed E-state index contributed by atoms with van der Waals surface area (Å²) >= 11 is 0. The molecule has 0 heterocycles. The fraction of sp³-hybridized carbons (Fsp3) is 0.529. The third kappa shape index (κ3) is 3.24. The lowest BCUT2D eigenvalue weighted by Gasteiger charge is -2.25. The molecule has 1 aromatic rings.